The van der Waals surface area contributed by atoms with Gasteiger partial charge in [-0.1, -0.05) is 222 Å². The summed E-state index contributed by atoms with van der Waals surface area (Å²) in [6.45, 7) is 3.61. The zero-order chi connectivity index (χ0) is 58.0. The molecule has 1 fully saturated rings. The number of rotatable bonds is 14. The average Bonchev–Trinajstić information content (AvgIpc) is 4.26. The molecule has 418 valence electrons. The van der Waals surface area contributed by atoms with E-state index in [2.05, 4.69) is 204 Å². The Morgan fingerprint density at radius 3 is 0.940 bits per heavy atom. The highest BCUT2D eigenvalue weighted by molar-refractivity contribution is 9.08. The van der Waals surface area contributed by atoms with E-state index in [1.807, 2.05) is 54.6 Å². The number of hydrogen-bond acceptors (Lipinski definition) is 7. The van der Waals surface area contributed by atoms with E-state index in [1.54, 1.807) is 24.3 Å². The van der Waals surface area contributed by atoms with Gasteiger partial charge in [-0.3, -0.25) is 9.59 Å². The first-order chi connectivity index (χ1) is 41.4. The van der Waals surface area contributed by atoms with E-state index in [0.29, 0.717) is 30.9 Å². The second kappa shape index (κ2) is 31.6. The number of carbonyl (C=O) groups excluding carboxylic acids is 2. The smallest absolute Gasteiger partial charge is 0.150 e. The fourth-order valence-electron chi connectivity index (χ4n) is 9.40. The molecule has 1 heterocycles. The van der Waals surface area contributed by atoms with Crippen LogP contribution in [0.5, 0.6) is 23.0 Å². The van der Waals surface area contributed by atoms with Crippen LogP contribution in [0.1, 0.15) is 66.9 Å². The Kier molecular flexibility index (Phi) is 22.2. The van der Waals surface area contributed by atoms with Gasteiger partial charge < -0.3 is 24.1 Å². The zero-order valence-corrected chi connectivity index (χ0v) is 48.2. The van der Waals surface area contributed by atoms with Crippen LogP contribution in [0, 0.1) is 0 Å². The molecule has 1 saturated heterocycles. The number of phenolic OH excluding ortho intramolecular Hbond substituents is 1. The summed E-state index contributed by atoms with van der Waals surface area (Å²) in [6, 6.07) is 88.4. The Morgan fingerprint density at radius 2 is 0.631 bits per heavy atom. The van der Waals surface area contributed by atoms with Crippen molar-refractivity contribution in [3.63, 3.8) is 0 Å². The van der Waals surface area contributed by atoms with Gasteiger partial charge in [0.15, 0.2) is 0 Å². The fourth-order valence-corrected chi connectivity index (χ4v) is 9.88. The van der Waals surface area contributed by atoms with Crippen LogP contribution in [-0.4, -0.2) is 30.9 Å². The highest BCUT2D eigenvalue weighted by Crippen LogP contribution is 2.26. The number of halogens is 1. The van der Waals surface area contributed by atoms with E-state index in [4.69, 9.17) is 24.1 Å². The van der Waals surface area contributed by atoms with Crippen molar-refractivity contribution in [1.82, 2.24) is 0 Å². The Morgan fingerprint density at radius 1 is 0.345 bits per heavy atom. The van der Waals surface area contributed by atoms with Crippen molar-refractivity contribution in [2.75, 3.05) is 13.2 Å². The molecule has 0 spiro atoms. The Bertz CT molecular complexity index is 3870. The molecule has 7 nitrogen and oxygen atoms in total. The van der Waals surface area contributed by atoms with Crippen molar-refractivity contribution in [3.8, 4) is 23.0 Å². The third-order valence-electron chi connectivity index (χ3n) is 13.9. The van der Waals surface area contributed by atoms with Gasteiger partial charge in [0.2, 0.25) is 0 Å². The van der Waals surface area contributed by atoms with E-state index in [-0.39, 0.29) is 5.75 Å². The summed E-state index contributed by atoms with van der Waals surface area (Å²) in [4.78, 5) is 20.6. The summed E-state index contributed by atoms with van der Waals surface area (Å²) in [7, 11) is 0. The number of phenols is 1. The topological polar surface area (TPSA) is 91.3 Å². The van der Waals surface area contributed by atoms with E-state index in [0.717, 1.165) is 65.1 Å². The molecule has 0 radical (unpaired) electrons. The molecule has 13 rings (SSSR count). The number of hydrogen-bond donors (Lipinski definition) is 1. The van der Waals surface area contributed by atoms with Crippen molar-refractivity contribution in [2.45, 2.75) is 38.0 Å². The standard InChI is InChI=1S/C36H28O2.C18H14O2.C11H9Br.C7H6O2.C4H8O/c1-3-13-35-29(7-1)9-5-11-31(35)25-37-33-21-17-27(18-22-33)15-16-28-19-23-34(24-20-28)38-26-32-12-6-10-30-8-2-4-14-36(30)32;19-12-14-8-10-17(11-9-14)20-13-16-6-3-5-15-4-1-2-7-18(15)16;12-8-10-6-3-5-9-4-1-2-7-11(9)10;8-5-6-1-3-7(9)4-2-6;1-2-4-5-3-1/h1-24H,25-26H2;1-12H,13H2;1-7H,8H2;1-5,9H;1-4H2/b16-15+;;;;. The van der Waals surface area contributed by atoms with Crippen LogP contribution in [0.2, 0.25) is 0 Å². The Hall–Kier alpha value is -9.60. The van der Waals surface area contributed by atoms with Crippen LogP contribution in [0.25, 0.3) is 55.2 Å². The molecule has 1 aliphatic heterocycles. The molecular formula is C76H65BrO7. The third-order valence-corrected chi connectivity index (χ3v) is 14.6. The minimum atomic E-state index is 0.181. The maximum Gasteiger partial charge on any atom is 0.150 e. The number of fused-ring (bicyclic) bond motifs is 4. The minimum absolute atomic E-state index is 0.181. The van der Waals surface area contributed by atoms with Gasteiger partial charge in [-0.15, -0.1) is 0 Å². The number of ether oxygens (including phenoxy) is 4. The minimum Gasteiger partial charge on any atom is -0.508 e. The Balaban J connectivity index is 0.000000151. The molecule has 12 aromatic carbocycles. The predicted molar refractivity (Wildman–Crippen MR) is 349 cm³/mol. The second-order valence-corrected chi connectivity index (χ2v) is 20.3. The molecular weight excluding hydrogens is 1100 g/mol. The molecule has 8 heteroatoms. The SMILES string of the molecule is BrCc1cccc2ccccc12.C(=C\c1ccc(OCc2cccc3ccccc23)cc1)/c1ccc(OCc2cccc3ccccc23)cc1.C1CCOC1.O=Cc1ccc(O)cc1.O=Cc1ccc(OCc2cccc3ccccc23)cc1. The molecule has 12 aromatic rings. The largest absolute Gasteiger partial charge is 0.508 e. The lowest BCUT2D eigenvalue weighted by Gasteiger charge is -2.09. The molecule has 0 aliphatic carbocycles. The van der Waals surface area contributed by atoms with Crippen molar-refractivity contribution >= 4 is 83.7 Å². The molecule has 0 unspecified atom stereocenters. The first kappa shape index (κ1) is 59.0. The van der Waals surface area contributed by atoms with E-state index in [1.165, 1.54) is 84.8 Å². The molecule has 0 atom stereocenters. The first-order valence-electron chi connectivity index (χ1n) is 28.0. The summed E-state index contributed by atoms with van der Waals surface area (Å²) in [6.07, 6.45) is 8.34. The van der Waals surface area contributed by atoms with Crippen LogP contribution in [0.4, 0.5) is 0 Å². The van der Waals surface area contributed by atoms with Crippen molar-refractivity contribution in [1.29, 1.82) is 0 Å². The number of aldehydes is 2. The zero-order valence-electron chi connectivity index (χ0n) is 46.6. The van der Waals surface area contributed by atoms with Crippen molar-refractivity contribution in [2.24, 2.45) is 0 Å². The lowest BCUT2D eigenvalue weighted by Crippen LogP contribution is -1.96. The van der Waals surface area contributed by atoms with Gasteiger partial charge in [0.25, 0.3) is 0 Å². The van der Waals surface area contributed by atoms with Crippen LogP contribution in [-0.2, 0) is 29.9 Å². The predicted octanol–water partition coefficient (Wildman–Crippen LogP) is 19.3. The average molecular weight is 1170 g/mol. The van der Waals surface area contributed by atoms with Gasteiger partial charge in [-0.2, -0.15) is 0 Å². The van der Waals surface area contributed by atoms with Crippen molar-refractivity contribution in [3.05, 3.63) is 311 Å². The maximum absolute atomic E-state index is 10.6. The molecule has 1 aliphatic rings. The van der Waals surface area contributed by atoms with E-state index in [9.17, 15) is 9.59 Å². The van der Waals surface area contributed by atoms with Gasteiger partial charge in [0.1, 0.15) is 55.4 Å². The lowest BCUT2D eigenvalue weighted by molar-refractivity contribution is 0.111. The van der Waals surface area contributed by atoms with Gasteiger partial charge in [-0.05, 0) is 162 Å². The molecule has 0 amide bonds. The number of aromatic hydroxyl groups is 1. The van der Waals surface area contributed by atoms with E-state index >= 15 is 0 Å². The van der Waals surface area contributed by atoms with Gasteiger partial charge in [-0.25, -0.2) is 0 Å². The summed E-state index contributed by atoms with van der Waals surface area (Å²) in [5.74, 6) is 2.68. The van der Waals surface area contributed by atoms with Gasteiger partial charge in [0.05, 0.1) is 0 Å². The molecule has 0 aromatic heterocycles. The first-order valence-corrected chi connectivity index (χ1v) is 29.1. The number of alkyl halides is 1. The summed E-state index contributed by atoms with van der Waals surface area (Å²) >= 11 is 3.48. The number of carbonyl (C=O) groups is 2. The van der Waals surface area contributed by atoms with Gasteiger partial charge in [0, 0.05) is 29.7 Å². The Labute approximate surface area is 500 Å². The fraction of sp³-hybridized carbons (Fsp3) is 0.105. The van der Waals surface area contributed by atoms with Crippen LogP contribution in [0.15, 0.2) is 267 Å². The summed E-state index contributed by atoms with van der Waals surface area (Å²) < 4.78 is 22.9. The summed E-state index contributed by atoms with van der Waals surface area (Å²) in [5, 5.41) is 19.7. The third kappa shape index (κ3) is 17.5. The molecule has 84 heavy (non-hydrogen) atoms. The summed E-state index contributed by atoms with van der Waals surface area (Å²) in [5.41, 5.74) is 8.37. The van der Waals surface area contributed by atoms with Crippen LogP contribution >= 0.6 is 15.9 Å². The number of benzene rings is 12. The molecule has 0 saturated carbocycles. The normalized spacial score (nSPS) is 11.4. The highest BCUT2D eigenvalue weighted by atomic mass is 79.9. The maximum atomic E-state index is 10.6. The quantitative estimate of drug-likeness (QED) is 0.0659. The van der Waals surface area contributed by atoms with Gasteiger partial charge >= 0.3 is 0 Å². The van der Waals surface area contributed by atoms with E-state index < -0.39 is 0 Å². The molecule has 0 bridgehead atoms. The highest BCUT2D eigenvalue weighted by Gasteiger charge is 2.06. The monoisotopic (exact) mass is 1170 g/mol. The van der Waals surface area contributed by atoms with Crippen LogP contribution in [0.3, 0.4) is 0 Å². The van der Waals surface area contributed by atoms with Crippen molar-refractivity contribution < 1.29 is 33.6 Å². The van der Waals surface area contributed by atoms with Crippen LogP contribution < -0.4 is 14.2 Å². The lowest BCUT2D eigenvalue weighted by atomic mass is 10.1. The molecule has 1 N–H and O–H groups in total. The second-order valence-electron chi connectivity index (χ2n) is 19.7.